The molecule has 0 bridgehead atoms. The van der Waals surface area contributed by atoms with Crippen LogP contribution in [-0.2, 0) is 29.1 Å². The lowest BCUT2D eigenvalue weighted by Gasteiger charge is -2.34. The number of hydrogen-bond acceptors (Lipinski definition) is 10. The van der Waals surface area contributed by atoms with Crippen LogP contribution in [0.5, 0.6) is 11.5 Å². The summed E-state index contributed by atoms with van der Waals surface area (Å²) in [7, 11) is -5.00. The fourth-order valence-corrected chi connectivity index (χ4v) is 14.1. The average Bonchev–Trinajstić information content (AvgIpc) is 3.49. The van der Waals surface area contributed by atoms with Gasteiger partial charge in [-0.3, -0.25) is 0 Å². The minimum Gasteiger partial charge on any atom is -0.491 e. The zero-order valence-corrected chi connectivity index (χ0v) is 40.7. The molecule has 0 radical (unpaired) electrons. The van der Waals surface area contributed by atoms with Crippen LogP contribution in [0.3, 0.4) is 0 Å². The number of unbranched alkanes of at least 4 members (excludes halogenated alkanes) is 2. The zero-order valence-electron chi connectivity index (χ0n) is 39.1. The van der Waals surface area contributed by atoms with Gasteiger partial charge in [-0.15, -0.1) is 0 Å². The quantitative estimate of drug-likeness (QED) is 0.0775. The summed E-state index contributed by atoms with van der Waals surface area (Å²) in [5, 5.41) is 14.0. The van der Waals surface area contributed by atoms with Gasteiger partial charge < -0.3 is 29.2 Å². The molecule has 6 rings (SSSR count). The van der Waals surface area contributed by atoms with Crippen LogP contribution >= 0.6 is 0 Å². The van der Waals surface area contributed by atoms with Gasteiger partial charge in [0.1, 0.15) is 24.7 Å². The molecule has 0 fully saturated rings. The van der Waals surface area contributed by atoms with Gasteiger partial charge in [0, 0.05) is 26.1 Å². The normalized spacial score (nSPS) is 21.9. The van der Waals surface area contributed by atoms with E-state index >= 15 is 0 Å². The molecule has 0 amide bonds. The number of ether oxygens (including phenoxy) is 4. The zero-order chi connectivity index (χ0) is 46.6. The molecule has 0 aliphatic carbocycles. The molecule has 4 atom stereocenters. The van der Waals surface area contributed by atoms with Gasteiger partial charge in [0.2, 0.25) is 0 Å². The summed E-state index contributed by atoms with van der Waals surface area (Å²) < 4.78 is 79.5. The van der Waals surface area contributed by atoms with Gasteiger partial charge in [-0.25, -0.2) is 16.8 Å². The van der Waals surface area contributed by atoms with E-state index in [1.165, 1.54) is 0 Å². The van der Waals surface area contributed by atoms with Crippen LogP contribution in [0.25, 0.3) is 0 Å². The Morgan fingerprint density at radius 3 is 1.22 bits per heavy atom. The lowest BCUT2D eigenvalue weighted by atomic mass is 9.71. The number of sulfone groups is 2. The SMILES string of the molecule is CCCC[C@@]1(CC)C[C@H](c2ccccc2)c2cc(OCCOCCOCCOc3ccc4c(c3)[C@H](c3ccccc3)C[C@@](CC)(CCCC)CS4(=O)=O)ccc2S(=O)(=O)C1.CO.CO. The summed E-state index contributed by atoms with van der Waals surface area (Å²) in [6.45, 7) is 10.7. The number of rotatable bonds is 21. The van der Waals surface area contributed by atoms with Crippen molar-refractivity contribution in [1.29, 1.82) is 0 Å². The highest BCUT2D eigenvalue weighted by atomic mass is 32.2. The number of aliphatic hydroxyl groups excluding tert-OH is 2. The fraction of sp³-hybridized carbons (Fsp3) is 0.538. The van der Waals surface area contributed by atoms with E-state index in [1.54, 1.807) is 24.3 Å². The van der Waals surface area contributed by atoms with Crippen LogP contribution in [0.4, 0.5) is 0 Å². The lowest BCUT2D eigenvalue weighted by molar-refractivity contribution is 0.0273. The molecule has 12 heteroatoms. The number of benzene rings is 4. The lowest BCUT2D eigenvalue weighted by Crippen LogP contribution is -2.29. The van der Waals surface area contributed by atoms with Crippen LogP contribution in [0.1, 0.15) is 126 Å². The molecule has 2 heterocycles. The first-order valence-electron chi connectivity index (χ1n) is 23.1. The molecule has 0 saturated carbocycles. The van der Waals surface area contributed by atoms with E-state index in [0.717, 1.165) is 101 Å². The molecule has 0 saturated heterocycles. The van der Waals surface area contributed by atoms with Crippen LogP contribution in [0.15, 0.2) is 107 Å². The van der Waals surface area contributed by atoms with E-state index in [1.807, 2.05) is 48.5 Å². The molecule has 4 aromatic rings. The molecule has 4 aromatic carbocycles. The first-order chi connectivity index (χ1) is 31.0. The minimum atomic E-state index is -3.50. The standard InChI is InChI=1S/C50H66O8S2.2CH4O/c1-5-9-25-49(7-3)35-45(39-17-13-11-14-18-39)43-33-41(21-23-47(43)59(51,52)37-49)57-31-29-55-27-28-56-30-32-58-42-22-24-48-44(34-42)46(40-19-15-12-16-20-40)36-50(8-4,26-10-6-2)38-60(48,53)54;2*1-2/h11-24,33-34,45-46H,5-10,25-32,35-38H2,1-4H3;2*2H,1H3/t45-,46+,49+,50-;;. The Labute approximate surface area is 384 Å². The maximum absolute atomic E-state index is 13.9. The molecule has 0 unspecified atom stereocenters. The maximum Gasteiger partial charge on any atom is 0.179 e. The minimum absolute atomic E-state index is 0.0493. The highest BCUT2D eigenvalue weighted by Gasteiger charge is 2.44. The van der Waals surface area contributed by atoms with E-state index in [0.29, 0.717) is 60.9 Å². The first-order valence-corrected chi connectivity index (χ1v) is 26.4. The second kappa shape index (κ2) is 25.8. The van der Waals surface area contributed by atoms with Crippen molar-refractivity contribution in [1.82, 2.24) is 0 Å². The molecule has 10 nitrogen and oxygen atoms in total. The Balaban J connectivity index is 0.00000218. The van der Waals surface area contributed by atoms with Crippen molar-refractivity contribution in [3.8, 4) is 11.5 Å². The topological polar surface area (TPSA) is 146 Å². The summed E-state index contributed by atoms with van der Waals surface area (Å²) in [4.78, 5) is 0.834. The summed E-state index contributed by atoms with van der Waals surface area (Å²) in [5.74, 6) is 1.50. The van der Waals surface area contributed by atoms with Crippen molar-refractivity contribution in [2.45, 2.75) is 114 Å². The number of aliphatic hydroxyl groups is 2. The monoisotopic (exact) mass is 922 g/mol. The molecule has 2 aliphatic heterocycles. The third kappa shape index (κ3) is 13.9. The van der Waals surface area contributed by atoms with E-state index < -0.39 is 19.7 Å². The van der Waals surface area contributed by atoms with Gasteiger partial charge >= 0.3 is 0 Å². The fourth-order valence-electron chi connectivity index (χ4n) is 9.53. The Morgan fingerprint density at radius 2 is 0.875 bits per heavy atom. The predicted molar refractivity (Wildman–Crippen MR) is 256 cm³/mol. The van der Waals surface area contributed by atoms with Crippen LogP contribution < -0.4 is 9.47 Å². The number of hydrogen-bond donors (Lipinski definition) is 2. The van der Waals surface area contributed by atoms with Crippen molar-refractivity contribution < 1.29 is 46.0 Å². The summed E-state index contributed by atoms with van der Waals surface area (Å²) in [6.07, 6.45) is 9.07. The third-order valence-electron chi connectivity index (χ3n) is 13.0. The Bertz CT molecular complexity index is 2040. The van der Waals surface area contributed by atoms with Crippen molar-refractivity contribution in [3.05, 3.63) is 119 Å². The van der Waals surface area contributed by atoms with E-state index in [4.69, 9.17) is 29.2 Å². The van der Waals surface area contributed by atoms with Gasteiger partial charge in [-0.2, -0.15) is 0 Å². The Hall–Kier alpha value is -3.78. The summed E-state index contributed by atoms with van der Waals surface area (Å²) >= 11 is 0. The van der Waals surface area contributed by atoms with Gasteiger partial charge in [-0.05, 0) is 108 Å². The highest BCUT2D eigenvalue weighted by molar-refractivity contribution is 7.91. The van der Waals surface area contributed by atoms with Crippen molar-refractivity contribution in [2.24, 2.45) is 10.8 Å². The molecule has 354 valence electrons. The third-order valence-corrected chi connectivity index (χ3v) is 17.1. The maximum atomic E-state index is 13.9. The van der Waals surface area contributed by atoms with E-state index in [2.05, 4.69) is 52.0 Å². The smallest absolute Gasteiger partial charge is 0.179 e. The van der Waals surface area contributed by atoms with E-state index in [9.17, 15) is 16.8 Å². The van der Waals surface area contributed by atoms with Crippen molar-refractivity contribution >= 4 is 19.7 Å². The predicted octanol–water partition coefficient (Wildman–Crippen LogP) is 10.2. The van der Waals surface area contributed by atoms with Crippen molar-refractivity contribution in [2.75, 3.05) is 65.4 Å². The Kier molecular flexibility index (Phi) is 21.3. The Morgan fingerprint density at radius 1 is 0.516 bits per heavy atom. The van der Waals surface area contributed by atoms with Crippen molar-refractivity contribution in [3.63, 3.8) is 0 Å². The second-order valence-electron chi connectivity index (χ2n) is 17.1. The van der Waals surface area contributed by atoms with Gasteiger partial charge in [0.25, 0.3) is 0 Å². The van der Waals surface area contributed by atoms with Gasteiger partial charge in [-0.1, -0.05) is 114 Å². The van der Waals surface area contributed by atoms with Gasteiger partial charge in [0.15, 0.2) is 19.7 Å². The van der Waals surface area contributed by atoms with Crippen LogP contribution in [0.2, 0.25) is 0 Å². The largest absolute Gasteiger partial charge is 0.491 e. The molecule has 2 aliphatic rings. The van der Waals surface area contributed by atoms with Gasteiger partial charge in [0.05, 0.1) is 47.7 Å². The molecule has 0 aromatic heterocycles. The summed E-state index contributed by atoms with van der Waals surface area (Å²) in [5.41, 5.74) is 3.31. The molecule has 64 heavy (non-hydrogen) atoms. The molecule has 0 spiro atoms. The molecule has 2 N–H and O–H groups in total. The summed E-state index contributed by atoms with van der Waals surface area (Å²) in [6, 6.07) is 31.4. The van der Waals surface area contributed by atoms with E-state index in [-0.39, 0.29) is 34.2 Å². The average molecular weight is 923 g/mol. The molecular weight excluding hydrogens is 849 g/mol. The highest BCUT2D eigenvalue weighted by Crippen LogP contribution is 2.50. The number of fused-ring (bicyclic) bond motifs is 2. The first kappa shape index (κ1) is 52.8. The molecular formula is C52H74O10S2. The second-order valence-corrected chi connectivity index (χ2v) is 21.0. The van der Waals surface area contributed by atoms with Crippen LogP contribution in [-0.4, -0.2) is 92.4 Å². The van der Waals surface area contributed by atoms with Crippen LogP contribution in [0, 0.1) is 10.8 Å².